The number of rotatable bonds is 5. The number of fused-ring (bicyclic) bond motifs is 2. The number of carbonyl (C=O) groups is 1. The summed E-state index contributed by atoms with van der Waals surface area (Å²) < 4.78 is 46.7. The summed E-state index contributed by atoms with van der Waals surface area (Å²) in [5.41, 5.74) is 1.45. The van der Waals surface area contributed by atoms with E-state index in [4.69, 9.17) is 4.74 Å². The van der Waals surface area contributed by atoms with Crippen LogP contribution in [-0.4, -0.2) is 36.7 Å². The molecule has 0 amide bonds. The molecule has 178 valence electrons. The number of nitrogens with zero attached hydrogens (tertiary/aromatic N) is 4. The number of hydrogen-bond donors (Lipinski definition) is 1. The van der Waals surface area contributed by atoms with Crippen LogP contribution in [0.5, 0.6) is 0 Å². The van der Waals surface area contributed by atoms with Crippen LogP contribution >= 0.6 is 0 Å². The van der Waals surface area contributed by atoms with E-state index in [1.54, 1.807) is 43.3 Å². The molecule has 8 nitrogen and oxygen atoms in total. The number of imidazole rings is 2. The maximum atomic E-state index is 13.2. The van der Waals surface area contributed by atoms with Gasteiger partial charge in [-0.25, -0.2) is 14.8 Å². The van der Waals surface area contributed by atoms with E-state index in [0.29, 0.717) is 33.8 Å². The van der Waals surface area contributed by atoms with Gasteiger partial charge in [0.2, 0.25) is 0 Å². The second kappa shape index (κ2) is 8.42. The Hall–Kier alpha value is -4.41. The van der Waals surface area contributed by atoms with Gasteiger partial charge in [0.25, 0.3) is 0 Å². The van der Waals surface area contributed by atoms with Crippen LogP contribution in [0.15, 0.2) is 65.6 Å². The molecule has 0 radical (unpaired) electrons. The maximum Gasteiger partial charge on any atom is 0.416 e. The van der Waals surface area contributed by atoms with Crippen molar-refractivity contribution in [1.29, 1.82) is 0 Å². The van der Waals surface area contributed by atoms with Crippen molar-refractivity contribution in [3.05, 3.63) is 76.8 Å². The van der Waals surface area contributed by atoms with Gasteiger partial charge in [0, 0.05) is 11.8 Å². The molecule has 0 aliphatic rings. The lowest BCUT2D eigenvalue weighted by Crippen LogP contribution is -2.27. The van der Waals surface area contributed by atoms with E-state index in [1.807, 2.05) is 0 Å². The molecule has 5 aromatic rings. The van der Waals surface area contributed by atoms with Gasteiger partial charge in [-0.1, -0.05) is 0 Å². The Kier molecular flexibility index (Phi) is 5.39. The summed E-state index contributed by atoms with van der Waals surface area (Å²) in [7, 11) is 0. The van der Waals surface area contributed by atoms with Crippen LogP contribution < -0.4 is 5.69 Å². The summed E-state index contributed by atoms with van der Waals surface area (Å²) in [5, 5.41) is 0. The van der Waals surface area contributed by atoms with Crippen molar-refractivity contribution < 1.29 is 22.7 Å². The summed E-state index contributed by atoms with van der Waals surface area (Å²) in [5.74, 6) is -0.155. The highest BCUT2D eigenvalue weighted by Gasteiger charge is 2.30. The predicted octanol–water partition coefficient (Wildman–Crippen LogP) is 4.31. The molecule has 0 spiro atoms. The van der Waals surface area contributed by atoms with E-state index in [2.05, 4.69) is 15.0 Å². The van der Waals surface area contributed by atoms with Crippen LogP contribution in [0.2, 0.25) is 0 Å². The van der Waals surface area contributed by atoms with Gasteiger partial charge in [-0.2, -0.15) is 13.2 Å². The number of pyridine rings is 1. The molecule has 11 heteroatoms. The molecule has 35 heavy (non-hydrogen) atoms. The molecule has 0 bridgehead atoms. The largest absolute Gasteiger partial charge is 0.465 e. The number of alkyl halides is 3. The van der Waals surface area contributed by atoms with Crippen molar-refractivity contribution >= 4 is 28.2 Å². The van der Waals surface area contributed by atoms with E-state index in [0.717, 1.165) is 12.1 Å². The van der Waals surface area contributed by atoms with E-state index >= 15 is 0 Å². The summed E-state index contributed by atoms with van der Waals surface area (Å²) in [6.45, 7) is 1.60. The Labute approximate surface area is 195 Å². The molecular formula is C24H18F3N5O3. The van der Waals surface area contributed by atoms with Crippen LogP contribution in [0, 0.1) is 0 Å². The number of aromatic amines is 1. The number of benzene rings is 2. The predicted molar refractivity (Wildman–Crippen MR) is 122 cm³/mol. The maximum absolute atomic E-state index is 13.2. The zero-order valence-corrected chi connectivity index (χ0v) is 18.3. The second-order valence-electron chi connectivity index (χ2n) is 7.72. The zero-order valence-electron chi connectivity index (χ0n) is 18.3. The van der Waals surface area contributed by atoms with E-state index in [1.165, 1.54) is 21.4 Å². The molecule has 0 aliphatic heterocycles. The van der Waals surface area contributed by atoms with Gasteiger partial charge in [-0.15, -0.1) is 0 Å². The quantitative estimate of drug-likeness (QED) is 0.378. The van der Waals surface area contributed by atoms with Crippen LogP contribution in [-0.2, 0) is 22.3 Å². The second-order valence-corrected chi connectivity index (χ2v) is 7.72. The van der Waals surface area contributed by atoms with Gasteiger partial charge in [-0.3, -0.25) is 13.9 Å². The monoisotopic (exact) mass is 481 g/mol. The molecule has 5 rings (SSSR count). The summed E-state index contributed by atoms with van der Waals surface area (Å²) in [4.78, 5) is 36.7. The van der Waals surface area contributed by atoms with Gasteiger partial charge in [0.05, 0.1) is 34.4 Å². The fraction of sp³-hybridized carbons (Fsp3) is 0.167. The first-order valence-electron chi connectivity index (χ1n) is 10.7. The first-order valence-corrected chi connectivity index (χ1v) is 10.7. The van der Waals surface area contributed by atoms with Gasteiger partial charge in [0.15, 0.2) is 5.65 Å². The highest BCUT2D eigenvalue weighted by molar-refractivity contribution is 5.81. The minimum atomic E-state index is -4.45. The van der Waals surface area contributed by atoms with E-state index < -0.39 is 23.4 Å². The third kappa shape index (κ3) is 4.05. The molecule has 1 N–H and O–H groups in total. The number of carbonyl (C=O) groups excluding carboxylic acids is 1. The molecule has 0 atom stereocenters. The van der Waals surface area contributed by atoms with Gasteiger partial charge < -0.3 is 9.72 Å². The molecule has 3 aromatic heterocycles. The van der Waals surface area contributed by atoms with E-state index in [9.17, 15) is 22.8 Å². The lowest BCUT2D eigenvalue weighted by molar-refractivity contribution is -0.143. The fourth-order valence-corrected chi connectivity index (χ4v) is 3.90. The molecule has 0 unspecified atom stereocenters. The molecule has 0 aliphatic carbocycles. The SMILES string of the molecule is CCOC(=O)Cn1c(=O)n(-c2ccc(-c3nc4ccc(C(F)(F)F)cc4[nH]3)cc2)c2cccnc21. The average Bonchev–Trinajstić information content (AvgIpc) is 3.37. The Bertz CT molecular complexity index is 1610. The number of aromatic nitrogens is 5. The minimum Gasteiger partial charge on any atom is -0.465 e. The Morgan fingerprint density at radius 1 is 1.11 bits per heavy atom. The average molecular weight is 481 g/mol. The van der Waals surface area contributed by atoms with Crippen LogP contribution in [0.25, 0.3) is 39.3 Å². The summed E-state index contributed by atoms with van der Waals surface area (Å²) >= 11 is 0. The topological polar surface area (TPSA) is 94.8 Å². The number of nitrogens with one attached hydrogen (secondary N) is 1. The molecular weight excluding hydrogens is 463 g/mol. The van der Waals surface area contributed by atoms with Crippen LogP contribution in [0.3, 0.4) is 0 Å². The third-order valence-corrected chi connectivity index (χ3v) is 5.49. The van der Waals surface area contributed by atoms with E-state index in [-0.39, 0.29) is 18.7 Å². The van der Waals surface area contributed by atoms with Gasteiger partial charge >= 0.3 is 17.8 Å². The van der Waals surface area contributed by atoms with Gasteiger partial charge in [-0.05, 0) is 61.5 Å². The summed E-state index contributed by atoms with van der Waals surface area (Å²) in [6.07, 6.45) is -2.92. The number of halogens is 3. The smallest absolute Gasteiger partial charge is 0.416 e. The van der Waals surface area contributed by atoms with Crippen molar-refractivity contribution in [3.63, 3.8) is 0 Å². The number of H-pyrrole nitrogens is 1. The molecule has 0 saturated carbocycles. The van der Waals surface area contributed by atoms with Crippen molar-refractivity contribution in [2.24, 2.45) is 0 Å². The molecule has 0 saturated heterocycles. The fourth-order valence-electron chi connectivity index (χ4n) is 3.90. The third-order valence-electron chi connectivity index (χ3n) is 5.49. The first-order chi connectivity index (χ1) is 16.8. The molecule has 0 fully saturated rings. The number of hydrogen-bond acceptors (Lipinski definition) is 5. The van der Waals surface area contributed by atoms with Crippen molar-refractivity contribution in [2.45, 2.75) is 19.6 Å². The lowest BCUT2D eigenvalue weighted by atomic mass is 10.2. The van der Waals surface area contributed by atoms with Crippen LogP contribution in [0.1, 0.15) is 12.5 Å². The number of ether oxygens (including phenoxy) is 1. The standard InChI is InChI=1S/C24H18F3N5O3/c1-2-35-20(33)13-31-22-19(4-3-11-28-22)32(23(31)34)16-8-5-14(6-9-16)21-29-17-10-7-15(24(25,26)27)12-18(17)30-21/h3-12H,2,13H2,1H3,(H,29,30). The Morgan fingerprint density at radius 2 is 1.89 bits per heavy atom. The van der Waals surface area contributed by atoms with Crippen molar-refractivity contribution in [3.8, 4) is 17.1 Å². The highest BCUT2D eigenvalue weighted by atomic mass is 19.4. The van der Waals surface area contributed by atoms with Crippen molar-refractivity contribution in [2.75, 3.05) is 6.61 Å². The van der Waals surface area contributed by atoms with Crippen LogP contribution in [0.4, 0.5) is 13.2 Å². The van der Waals surface area contributed by atoms with Gasteiger partial charge in [0.1, 0.15) is 12.4 Å². The Morgan fingerprint density at radius 3 is 2.60 bits per heavy atom. The minimum absolute atomic E-state index is 0.195. The summed E-state index contributed by atoms with van der Waals surface area (Å²) in [6, 6.07) is 13.5. The Balaban J connectivity index is 1.53. The first kappa shape index (κ1) is 22.4. The normalized spacial score (nSPS) is 11.9. The molecule has 3 heterocycles. The molecule has 2 aromatic carbocycles. The zero-order chi connectivity index (χ0) is 24.7. The highest BCUT2D eigenvalue weighted by Crippen LogP contribution is 2.32. The number of esters is 1. The van der Waals surface area contributed by atoms with Crippen molar-refractivity contribution in [1.82, 2.24) is 24.1 Å². The lowest BCUT2D eigenvalue weighted by Gasteiger charge is -2.05.